The molecule has 0 radical (unpaired) electrons. The van der Waals surface area contributed by atoms with Crippen molar-refractivity contribution in [2.45, 2.75) is 25.3 Å². The number of nitrogens with zero attached hydrogens (tertiary/aromatic N) is 1. The Morgan fingerprint density at radius 1 is 1.53 bits per heavy atom. The quantitative estimate of drug-likeness (QED) is 0.831. The normalized spacial score (nSPS) is 19.1. The number of aryl methyl sites for hydroxylation is 1. The number of carbonyl (C=O) groups is 1. The fourth-order valence-corrected chi connectivity index (χ4v) is 3.39. The summed E-state index contributed by atoms with van der Waals surface area (Å²) in [6.07, 6.45) is 1.55. The highest BCUT2D eigenvalue weighted by atomic mass is 32.1. The zero-order valence-corrected chi connectivity index (χ0v) is 12.9. The van der Waals surface area contributed by atoms with Crippen LogP contribution in [-0.4, -0.2) is 41.5 Å². The van der Waals surface area contributed by atoms with Crippen molar-refractivity contribution in [2.24, 2.45) is 5.73 Å². The van der Waals surface area contributed by atoms with Crippen LogP contribution in [0.1, 0.15) is 28.1 Å². The fraction of sp³-hybridized carbons (Fsp3) is 0.538. The summed E-state index contributed by atoms with van der Waals surface area (Å²) in [6.45, 7) is 3.72. The molecule has 0 aromatic carbocycles. The molecule has 0 saturated carbocycles. The van der Waals surface area contributed by atoms with Gasteiger partial charge in [-0.15, -0.1) is 11.3 Å². The van der Waals surface area contributed by atoms with Gasteiger partial charge in [-0.3, -0.25) is 4.79 Å². The topological polar surface area (TPSA) is 58.4 Å². The Kier molecular flexibility index (Phi) is 4.23. The van der Waals surface area contributed by atoms with Crippen LogP contribution in [0.25, 0.3) is 0 Å². The van der Waals surface area contributed by atoms with Crippen LogP contribution in [0, 0.1) is 6.92 Å². The predicted octanol–water partition coefficient (Wildman–Crippen LogP) is 1.54. The van der Waals surface area contributed by atoms with E-state index in [1.54, 1.807) is 0 Å². The summed E-state index contributed by atoms with van der Waals surface area (Å²) in [4.78, 5) is 15.7. The highest BCUT2D eigenvalue weighted by Gasteiger charge is 2.38. The van der Waals surface area contributed by atoms with Gasteiger partial charge >= 0.3 is 0 Å². The average molecular weight is 297 g/mol. The van der Waals surface area contributed by atoms with Gasteiger partial charge in [0.15, 0.2) is 0 Å². The number of carbonyl (C=O) groups excluding carboxylic acids is 1. The van der Waals surface area contributed by atoms with Gasteiger partial charge in [0.05, 0.1) is 15.4 Å². The van der Waals surface area contributed by atoms with Gasteiger partial charge in [-0.05, 0) is 43.8 Å². The van der Waals surface area contributed by atoms with E-state index in [1.807, 2.05) is 18.4 Å². The Morgan fingerprint density at radius 2 is 2.16 bits per heavy atom. The summed E-state index contributed by atoms with van der Waals surface area (Å²) in [5.41, 5.74) is 6.35. The minimum Gasteiger partial charge on any atom is -0.391 e. The van der Waals surface area contributed by atoms with E-state index in [4.69, 9.17) is 18.0 Å². The monoisotopic (exact) mass is 297 g/mol. The van der Waals surface area contributed by atoms with Gasteiger partial charge in [-0.25, -0.2) is 0 Å². The highest BCUT2D eigenvalue weighted by Crippen LogP contribution is 2.24. The molecule has 0 bridgehead atoms. The summed E-state index contributed by atoms with van der Waals surface area (Å²) < 4.78 is 0. The Bertz CT molecular complexity index is 490. The summed E-state index contributed by atoms with van der Waals surface area (Å²) in [6, 6.07) is 1.95. The van der Waals surface area contributed by atoms with E-state index in [0.717, 1.165) is 36.4 Å². The number of hydrogen-bond donors (Lipinski definition) is 2. The molecule has 104 valence electrons. The number of hydrogen-bond acceptors (Lipinski definition) is 4. The fourth-order valence-electron chi connectivity index (χ4n) is 2.31. The van der Waals surface area contributed by atoms with E-state index in [1.165, 1.54) is 11.3 Å². The van der Waals surface area contributed by atoms with Crippen LogP contribution in [0.3, 0.4) is 0 Å². The van der Waals surface area contributed by atoms with Gasteiger partial charge in [0.2, 0.25) is 0 Å². The molecule has 3 N–H and O–H groups in total. The van der Waals surface area contributed by atoms with Crippen LogP contribution in [0.4, 0.5) is 0 Å². The number of nitrogens with one attached hydrogen (secondary N) is 1. The second-order valence-electron chi connectivity index (χ2n) is 5.14. The molecule has 1 fully saturated rings. The molecule has 1 aliphatic heterocycles. The smallest absolute Gasteiger partial charge is 0.262 e. The lowest BCUT2D eigenvalue weighted by molar-refractivity contribution is 0.0894. The van der Waals surface area contributed by atoms with Crippen LogP contribution < -0.4 is 11.1 Å². The molecule has 1 aliphatic rings. The van der Waals surface area contributed by atoms with Gasteiger partial charge in [-0.1, -0.05) is 12.2 Å². The van der Waals surface area contributed by atoms with Crippen LogP contribution in [-0.2, 0) is 0 Å². The van der Waals surface area contributed by atoms with Gasteiger partial charge in [-0.2, -0.15) is 0 Å². The zero-order chi connectivity index (χ0) is 14.0. The standard InChI is InChI=1S/C13H19N3OS2/c1-9-3-8-19-10(9)11(17)15-13(12(14)18)4-6-16(2)7-5-13/h3,8H,4-7H2,1-2H3,(H2,14,18)(H,15,17). The third kappa shape index (κ3) is 2.96. The van der Waals surface area contributed by atoms with Crippen molar-refractivity contribution in [3.05, 3.63) is 21.9 Å². The van der Waals surface area contributed by atoms with Crippen molar-refractivity contribution < 1.29 is 4.79 Å². The van der Waals surface area contributed by atoms with Gasteiger partial charge in [0.25, 0.3) is 5.91 Å². The van der Waals surface area contributed by atoms with E-state index < -0.39 is 5.54 Å². The van der Waals surface area contributed by atoms with E-state index in [0.29, 0.717) is 4.99 Å². The van der Waals surface area contributed by atoms with Gasteiger partial charge in [0.1, 0.15) is 0 Å². The van der Waals surface area contributed by atoms with Crippen LogP contribution in [0.2, 0.25) is 0 Å². The average Bonchev–Trinajstić information content (AvgIpc) is 2.78. The summed E-state index contributed by atoms with van der Waals surface area (Å²) in [5.74, 6) is -0.0650. The molecule has 0 spiro atoms. The van der Waals surface area contributed by atoms with E-state index >= 15 is 0 Å². The van der Waals surface area contributed by atoms with Crippen molar-refractivity contribution >= 4 is 34.5 Å². The third-order valence-corrected chi connectivity index (χ3v) is 5.14. The van der Waals surface area contributed by atoms with E-state index in [9.17, 15) is 4.79 Å². The molecule has 1 amide bonds. The number of rotatable bonds is 3. The van der Waals surface area contributed by atoms with Gasteiger partial charge in [0, 0.05) is 13.1 Å². The lowest BCUT2D eigenvalue weighted by Crippen LogP contribution is -2.61. The maximum absolute atomic E-state index is 12.4. The van der Waals surface area contributed by atoms with Crippen LogP contribution in [0.5, 0.6) is 0 Å². The lowest BCUT2D eigenvalue weighted by Gasteiger charge is -2.40. The molecule has 0 aliphatic carbocycles. The molecular formula is C13H19N3OS2. The Morgan fingerprint density at radius 3 is 2.63 bits per heavy atom. The number of amides is 1. The second-order valence-corrected chi connectivity index (χ2v) is 6.49. The number of likely N-dealkylation sites (tertiary alicyclic amines) is 1. The number of thiophene rings is 1. The van der Waals surface area contributed by atoms with Gasteiger partial charge < -0.3 is 16.0 Å². The predicted molar refractivity (Wildman–Crippen MR) is 82.8 cm³/mol. The second kappa shape index (κ2) is 5.56. The van der Waals surface area contributed by atoms with Crippen molar-refractivity contribution in [1.82, 2.24) is 10.2 Å². The summed E-state index contributed by atoms with van der Waals surface area (Å²) >= 11 is 6.65. The molecule has 1 saturated heterocycles. The minimum absolute atomic E-state index is 0.0650. The number of piperidine rings is 1. The summed E-state index contributed by atoms with van der Waals surface area (Å²) in [5, 5.41) is 5.00. The van der Waals surface area contributed by atoms with Crippen LogP contribution >= 0.6 is 23.6 Å². The Labute approximate surface area is 123 Å². The van der Waals surface area contributed by atoms with E-state index in [2.05, 4.69) is 17.3 Å². The molecule has 2 rings (SSSR count). The molecular weight excluding hydrogens is 278 g/mol. The molecule has 2 heterocycles. The lowest BCUT2D eigenvalue weighted by atomic mass is 9.87. The first-order valence-electron chi connectivity index (χ1n) is 6.30. The van der Waals surface area contributed by atoms with Crippen molar-refractivity contribution in [3.63, 3.8) is 0 Å². The summed E-state index contributed by atoms with van der Waals surface area (Å²) in [7, 11) is 2.06. The highest BCUT2D eigenvalue weighted by molar-refractivity contribution is 7.80. The maximum atomic E-state index is 12.4. The molecule has 0 atom stereocenters. The Hall–Kier alpha value is -0.980. The third-order valence-electron chi connectivity index (χ3n) is 3.73. The Balaban J connectivity index is 2.16. The van der Waals surface area contributed by atoms with Crippen molar-refractivity contribution in [3.8, 4) is 0 Å². The number of thiocarbonyl (C=S) groups is 1. The minimum atomic E-state index is -0.532. The number of nitrogens with two attached hydrogens (primary N) is 1. The SMILES string of the molecule is Cc1ccsc1C(=O)NC1(C(N)=S)CCN(C)CC1. The zero-order valence-electron chi connectivity index (χ0n) is 11.2. The van der Waals surface area contributed by atoms with Crippen molar-refractivity contribution in [2.75, 3.05) is 20.1 Å². The first-order chi connectivity index (χ1) is 8.94. The van der Waals surface area contributed by atoms with E-state index in [-0.39, 0.29) is 5.91 Å². The maximum Gasteiger partial charge on any atom is 0.262 e. The molecule has 4 nitrogen and oxygen atoms in total. The van der Waals surface area contributed by atoms with Crippen molar-refractivity contribution in [1.29, 1.82) is 0 Å². The largest absolute Gasteiger partial charge is 0.391 e. The van der Waals surface area contributed by atoms with Crippen LogP contribution in [0.15, 0.2) is 11.4 Å². The first kappa shape index (κ1) is 14.4. The molecule has 1 aromatic rings. The molecule has 6 heteroatoms. The molecule has 1 aromatic heterocycles. The first-order valence-corrected chi connectivity index (χ1v) is 7.58. The molecule has 0 unspecified atom stereocenters. The molecule has 19 heavy (non-hydrogen) atoms.